The van der Waals surface area contributed by atoms with Gasteiger partial charge in [-0.15, -0.1) is 11.3 Å². The number of ether oxygens (including phenoxy) is 2. The van der Waals surface area contributed by atoms with Gasteiger partial charge >= 0.3 is 0 Å². The van der Waals surface area contributed by atoms with Crippen molar-refractivity contribution in [3.8, 4) is 11.5 Å². The average molecular weight is 483 g/mol. The number of allylic oxidation sites excluding steroid dienone is 1. The quantitative estimate of drug-likeness (QED) is 0.170. The molecule has 35 heavy (non-hydrogen) atoms. The lowest BCUT2D eigenvalue weighted by Crippen LogP contribution is -2.00. The van der Waals surface area contributed by atoms with Gasteiger partial charge in [0.15, 0.2) is 5.78 Å². The van der Waals surface area contributed by atoms with Gasteiger partial charge in [0.25, 0.3) is 0 Å². The highest BCUT2D eigenvalue weighted by Gasteiger charge is 2.09. The second-order valence-corrected chi connectivity index (χ2v) is 9.88. The maximum absolute atomic E-state index is 12.8. The van der Waals surface area contributed by atoms with Crippen molar-refractivity contribution in [1.29, 1.82) is 0 Å². The summed E-state index contributed by atoms with van der Waals surface area (Å²) in [5.41, 5.74) is 4.38. The summed E-state index contributed by atoms with van der Waals surface area (Å²) >= 11 is 1.55. The van der Waals surface area contributed by atoms with E-state index in [0.29, 0.717) is 12.5 Å². The van der Waals surface area contributed by atoms with Crippen molar-refractivity contribution in [2.75, 3.05) is 7.11 Å². The van der Waals surface area contributed by atoms with E-state index in [4.69, 9.17) is 9.47 Å². The van der Waals surface area contributed by atoms with E-state index in [1.165, 1.54) is 16.0 Å². The summed E-state index contributed by atoms with van der Waals surface area (Å²) in [6, 6.07) is 28.3. The van der Waals surface area contributed by atoms with E-state index in [9.17, 15) is 4.79 Å². The minimum Gasteiger partial charge on any atom is -0.496 e. The zero-order chi connectivity index (χ0) is 24.6. The number of carbonyl (C=O) groups is 1. The van der Waals surface area contributed by atoms with Crippen molar-refractivity contribution < 1.29 is 14.3 Å². The maximum Gasteiger partial charge on any atom is 0.195 e. The fourth-order valence-electron chi connectivity index (χ4n) is 3.78. The predicted octanol–water partition coefficient (Wildman–Crippen LogP) is 7.95. The summed E-state index contributed by atoms with van der Waals surface area (Å²) in [5.74, 6) is 2.07. The zero-order valence-corrected chi connectivity index (χ0v) is 21.2. The Labute approximate surface area is 211 Å². The Balaban J connectivity index is 1.41. The first kappa shape index (κ1) is 24.5. The largest absolute Gasteiger partial charge is 0.496 e. The van der Waals surface area contributed by atoms with Crippen molar-refractivity contribution in [3.63, 3.8) is 0 Å². The van der Waals surface area contributed by atoms with Crippen LogP contribution in [0.5, 0.6) is 11.5 Å². The molecule has 0 N–H and O–H groups in total. The van der Waals surface area contributed by atoms with Crippen LogP contribution in [-0.4, -0.2) is 12.9 Å². The standard InChI is InChI=1S/C31H30O3S/c1-22(2)25-11-13-27(14-12-25)34-21-26-19-24(10-17-30(26)33-3)9-16-29(32)31-18-15-28(35-31)20-23-7-5-4-6-8-23/h4-19,22H,20-21H2,1-3H3/b16-9+. The highest BCUT2D eigenvalue weighted by Crippen LogP contribution is 2.25. The van der Waals surface area contributed by atoms with Crippen molar-refractivity contribution in [2.45, 2.75) is 32.8 Å². The molecule has 3 nitrogen and oxygen atoms in total. The van der Waals surface area contributed by atoms with E-state index in [2.05, 4.69) is 38.1 Å². The van der Waals surface area contributed by atoms with Crippen molar-refractivity contribution in [1.82, 2.24) is 0 Å². The third kappa shape index (κ3) is 6.71. The lowest BCUT2D eigenvalue weighted by molar-refractivity contribution is 0.105. The molecule has 0 fully saturated rings. The molecule has 0 aliphatic rings. The smallest absolute Gasteiger partial charge is 0.195 e. The first-order chi connectivity index (χ1) is 17.0. The van der Waals surface area contributed by atoms with Gasteiger partial charge in [0.05, 0.1) is 12.0 Å². The lowest BCUT2D eigenvalue weighted by Gasteiger charge is -2.12. The van der Waals surface area contributed by atoms with Crippen LogP contribution in [0.25, 0.3) is 6.08 Å². The van der Waals surface area contributed by atoms with Gasteiger partial charge in [-0.2, -0.15) is 0 Å². The fraction of sp³-hybridized carbons (Fsp3) is 0.194. The molecular weight excluding hydrogens is 452 g/mol. The minimum absolute atomic E-state index is 0.00757. The molecule has 0 bridgehead atoms. The van der Waals surface area contributed by atoms with E-state index >= 15 is 0 Å². The third-order valence-electron chi connectivity index (χ3n) is 5.80. The van der Waals surface area contributed by atoms with Gasteiger partial charge in [-0.3, -0.25) is 4.79 Å². The molecule has 0 saturated carbocycles. The molecule has 0 amide bonds. The Bertz CT molecular complexity index is 1280. The molecule has 4 heteroatoms. The average Bonchev–Trinajstić information content (AvgIpc) is 3.35. The van der Waals surface area contributed by atoms with E-state index in [1.807, 2.05) is 66.7 Å². The van der Waals surface area contributed by atoms with Crippen LogP contribution in [0.4, 0.5) is 0 Å². The lowest BCUT2D eigenvalue weighted by atomic mass is 10.0. The molecule has 0 atom stereocenters. The number of rotatable bonds is 10. The van der Waals surface area contributed by atoms with Crippen LogP contribution in [0.15, 0.2) is 91.0 Å². The van der Waals surface area contributed by atoms with Crippen LogP contribution in [0.1, 0.15) is 56.6 Å². The maximum atomic E-state index is 12.8. The highest BCUT2D eigenvalue weighted by molar-refractivity contribution is 7.14. The molecule has 178 valence electrons. The monoisotopic (exact) mass is 482 g/mol. The molecule has 0 aliphatic heterocycles. The Hall–Kier alpha value is -3.63. The van der Waals surface area contributed by atoms with E-state index in [1.54, 1.807) is 24.5 Å². The third-order valence-corrected chi connectivity index (χ3v) is 6.90. The molecule has 0 aliphatic carbocycles. The Morgan fingerprint density at radius 1 is 0.943 bits per heavy atom. The molecule has 0 unspecified atom stereocenters. The van der Waals surface area contributed by atoms with Gasteiger partial charge in [0.1, 0.15) is 18.1 Å². The van der Waals surface area contributed by atoms with Crippen molar-refractivity contribution in [3.05, 3.63) is 123 Å². The van der Waals surface area contributed by atoms with Gasteiger partial charge in [0, 0.05) is 16.9 Å². The molecule has 1 heterocycles. The normalized spacial score (nSPS) is 11.2. The fourth-order valence-corrected chi connectivity index (χ4v) is 4.74. The zero-order valence-electron chi connectivity index (χ0n) is 20.4. The van der Waals surface area contributed by atoms with Gasteiger partial charge < -0.3 is 9.47 Å². The van der Waals surface area contributed by atoms with Crippen molar-refractivity contribution >= 4 is 23.2 Å². The molecule has 3 aromatic carbocycles. The van der Waals surface area contributed by atoms with E-state index < -0.39 is 0 Å². The van der Waals surface area contributed by atoms with Crippen molar-refractivity contribution in [2.24, 2.45) is 0 Å². The first-order valence-electron chi connectivity index (χ1n) is 11.8. The SMILES string of the molecule is COc1ccc(/C=C/C(=O)c2ccc(Cc3ccccc3)s2)cc1COc1ccc(C(C)C)cc1. The van der Waals surface area contributed by atoms with Gasteiger partial charge in [-0.1, -0.05) is 68.5 Å². The Morgan fingerprint density at radius 3 is 2.43 bits per heavy atom. The van der Waals surface area contributed by atoms with Gasteiger partial charge in [-0.05, 0) is 65.1 Å². The number of hydrogen-bond donors (Lipinski definition) is 0. The molecule has 0 spiro atoms. The number of hydrogen-bond acceptors (Lipinski definition) is 4. The van der Waals surface area contributed by atoms with E-state index in [0.717, 1.165) is 33.9 Å². The summed E-state index contributed by atoms with van der Waals surface area (Å²) < 4.78 is 11.5. The number of methoxy groups -OCH3 is 1. The highest BCUT2D eigenvalue weighted by atomic mass is 32.1. The topological polar surface area (TPSA) is 35.5 Å². The van der Waals surface area contributed by atoms with Crippen LogP contribution in [0.2, 0.25) is 0 Å². The van der Waals surface area contributed by atoms with E-state index in [-0.39, 0.29) is 5.78 Å². The van der Waals surface area contributed by atoms with Crippen LogP contribution in [0.3, 0.4) is 0 Å². The Morgan fingerprint density at radius 2 is 1.71 bits per heavy atom. The summed E-state index contributed by atoms with van der Waals surface area (Å²) in [7, 11) is 1.65. The number of thiophene rings is 1. The van der Waals surface area contributed by atoms with Gasteiger partial charge in [0.2, 0.25) is 0 Å². The predicted molar refractivity (Wildman–Crippen MR) is 145 cm³/mol. The van der Waals surface area contributed by atoms with Crippen LogP contribution < -0.4 is 9.47 Å². The number of ketones is 1. The Kier molecular flexibility index (Phi) is 8.17. The number of benzene rings is 3. The molecule has 0 radical (unpaired) electrons. The molecule has 4 aromatic rings. The van der Waals surface area contributed by atoms with Crippen LogP contribution in [-0.2, 0) is 13.0 Å². The molecule has 1 aromatic heterocycles. The summed E-state index contributed by atoms with van der Waals surface area (Å²) in [6.45, 7) is 4.73. The van der Waals surface area contributed by atoms with Crippen LogP contribution >= 0.6 is 11.3 Å². The first-order valence-corrected chi connectivity index (χ1v) is 12.6. The summed E-state index contributed by atoms with van der Waals surface area (Å²) in [5, 5.41) is 0. The second kappa shape index (κ2) is 11.7. The summed E-state index contributed by atoms with van der Waals surface area (Å²) in [6.07, 6.45) is 4.32. The number of carbonyl (C=O) groups excluding carboxylic acids is 1. The summed E-state index contributed by atoms with van der Waals surface area (Å²) in [4.78, 5) is 14.7. The molecular formula is C31H30O3S. The molecule has 4 rings (SSSR count). The van der Waals surface area contributed by atoms with Crippen LogP contribution in [0, 0.1) is 0 Å². The second-order valence-electron chi connectivity index (χ2n) is 8.71. The minimum atomic E-state index is 0.00757. The molecule has 0 saturated heterocycles. The van der Waals surface area contributed by atoms with Gasteiger partial charge in [-0.25, -0.2) is 0 Å².